The number of rotatable bonds is 5. The van der Waals surface area contributed by atoms with Crippen LogP contribution in [0, 0.1) is 16.7 Å². The van der Waals surface area contributed by atoms with Crippen molar-refractivity contribution < 1.29 is 34.6 Å². The summed E-state index contributed by atoms with van der Waals surface area (Å²) in [5, 5.41) is 7.73. The Kier molecular flexibility index (Phi) is 7.24. The highest BCUT2D eigenvalue weighted by Gasteiger charge is 2.65. The number of hydrogen-bond acceptors (Lipinski definition) is 9. The summed E-state index contributed by atoms with van der Waals surface area (Å²) in [5.41, 5.74) is -0.598. The van der Waals surface area contributed by atoms with Gasteiger partial charge in [-0.25, -0.2) is 22.0 Å². The van der Waals surface area contributed by atoms with Gasteiger partial charge in [-0.1, -0.05) is 20.8 Å². The lowest BCUT2D eigenvalue weighted by Gasteiger charge is -2.35. The summed E-state index contributed by atoms with van der Waals surface area (Å²) < 4.78 is 78.2. The van der Waals surface area contributed by atoms with Gasteiger partial charge in [-0.15, -0.1) is 11.3 Å². The molecule has 0 unspecified atom stereocenters. The maximum absolute atomic E-state index is 12.2. The van der Waals surface area contributed by atoms with Crippen molar-refractivity contribution in [3.63, 3.8) is 0 Å². The molecular weight excluding hydrogens is 524 g/mol. The van der Waals surface area contributed by atoms with E-state index in [2.05, 4.69) is 5.32 Å². The van der Waals surface area contributed by atoms with Crippen molar-refractivity contribution in [2.24, 2.45) is 21.9 Å². The van der Waals surface area contributed by atoms with Gasteiger partial charge in [0.15, 0.2) is 9.84 Å². The van der Waals surface area contributed by atoms with Crippen molar-refractivity contribution in [1.29, 1.82) is 0 Å². The molecule has 0 amide bonds. The Hall–Kier alpha value is -0.900. The fourth-order valence-corrected chi connectivity index (χ4v) is 11.3. The third-order valence-electron chi connectivity index (χ3n) is 7.73. The molecule has 4 rings (SSSR count). The van der Waals surface area contributed by atoms with Crippen LogP contribution < -0.4 is 10.5 Å². The molecule has 10 nitrogen and oxygen atoms in total. The lowest BCUT2D eigenvalue weighted by Crippen LogP contribution is -2.42. The number of thiophene rings is 1. The Bertz CT molecular complexity index is 1300. The number of ketones is 1. The van der Waals surface area contributed by atoms with Crippen LogP contribution in [0.5, 0.6) is 0 Å². The first kappa shape index (κ1) is 27.7. The molecule has 2 heterocycles. The maximum atomic E-state index is 12.2. The van der Waals surface area contributed by atoms with Crippen molar-refractivity contribution in [1.82, 2.24) is 5.32 Å². The topological polar surface area (TPSA) is 178 Å². The number of sulfonamides is 1. The van der Waals surface area contributed by atoms with Crippen LogP contribution in [0.15, 0.2) is 14.5 Å². The predicted octanol–water partition coefficient (Wildman–Crippen LogP) is 1.88. The van der Waals surface area contributed by atoms with Gasteiger partial charge in [-0.3, -0.25) is 9.35 Å². The second-order valence-electron chi connectivity index (χ2n) is 9.95. The van der Waals surface area contributed by atoms with E-state index in [1.165, 1.54) is 6.07 Å². The van der Waals surface area contributed by atoms with Crippen molar-refractivity contribution in [2.45, 2.75) is 73.1 Å². The number of primary sulfonamides is 1. The molecule has 4 atom stereocenters. The van der Waals surface area contributed by atoms with Gasteiger partial charge in [0.25, 0.3) is 10.1 Å². The lowest BCUT2D eigenvalue weighted by atomic mass is 9.70. The number of hydrogen-bond donors (Lipinski definition) is 3. The van der Waals surface area contributed by atoms with Crippen LogP contribution in [-0.2, 0) is 34.8 Å². The summed E-state index contributed by atoms with van der Waals surface area (Å²) in [6.07, 6.45) is 2.41. The van der Waals surface area contributed by atoms with E-state index < -0.39 is 46.4 Å². The monoisotopic (exact) mass is 556 g/mol. The Labute approximate surface area is 205 Å². The largest absolute Gasteiger partial charge is 0.310 e. The first-order chi connectivity index (χ1) is 15.4. The minimum atomic E-state index is -4.08. The van der Waals surface area contributed by atoms with E-state index in [-0.39, 0.29) is 31.6 Å². The molecule has 1 aliphatic heterocycles. The van der Waals surface area contributed by atoms with Crippen molar-refractivity contribution in [2.75, 3.05) is 12.3 Å². The van der Waals surface area contributed by atoms with E-state index in [9.17, 15) is 30.0 Å². The van der Waals surface area contributed by atoms with Gasteiger partial charge in [0.2, 0.25) is 10.0 Å². The summed E-state index contributed by atoms with van der Waals surface area (Å²) in [6, 6.07) is 1.23. The molecule has 2 saturated carbocycles. The molecule has 4 N–H and O–H groups in total. The normalized spacial score (nSPS) is 31.6. The summed E-state index contributed by atoms with van der Waals surface area (Å²) in [4.78, 5) is 11.9. The van der Waals surface area contributed by atoms with Crippen molar-refractivity contribution in [3.05, 3.63) is 11.6 Å². The molecule has 34 heavy (non-hydrogen) atoms. The molecule has 194 valence electrons. The zero-order valence-corrected chi connectivity index (χ0v) is 22.8. The molecule has 0 spiro atoms. The minimum absolute atomic E-state index is 0.0152. The third kappa shape index (κ3) is 4.74. The van der Waals surface area contributed by atoms with Crippen LogP contribution in [-0.4, -0.2) is 53.1 Å². The van der Waals surface area contributed by atoms with Gasteiger partial charge in [-0.05, 0) is 50.1 Å². The Morgan fingerprint density at radius 1 is 1.26 bits per heavy atom. The highest BCUT2D eigenvalue weighted by molar-refractivity contribution is 7.95. The van der Waals surface area contributed by atoms with E-state index in [4.69, 9.17) is 9.69 Å². The van der Waals surface area contributed by atoms with Crippen LogP contribution in [0.2, 0.25) is 0 Å². The summed E-state index contributed by atoms with van der Waals surface area (Å²) in [7, 11) is -11.4. The molecule has 2 bridgehead atoms. The zero-order valence-electron chi connectivity index (χ0n) is 19.6. The number of carbonyl (C=O) groups excluding carboxylic acids is 1. The summed E-state index contributed by atoms with van der Waals surface area (Å²) in [6.45, 7) is 8.12. The van der Waals surface area contributed by atoms with Gasteiger partial charge in [0.1, 0.15) is 14.2 Å². The Balaban J connectivity index is 0.000000196. The lowest BCUT2D eigenvalue weighted by molar-refractivity contribution is -0.128. The standard InChI is InChI=1S/C10H16N2O4S3.C10H16O4S/c1-3-12-8-4-6(2)18(13,14)10-7(8)5-9(17-10)19(11,15)16;1-9(2)7-3-4-10(9,8(11)5-7)6-15(12,13)14/h5-6,8,12H,3-4H2,1-2H3,(H2,11,15,16);7H,3-6H2,1-2H3,(H,12,13,14)/t6-,8-;7-,10-/m01/s1. The van der Waals surface area contributed by atoms with Gasteiger partial charge in [0, 0.05) is 18.0 Å². The fourth-order valence-electron chi connectivity index (χ4n) is 5.60. The molecule has 0 saturated heterocycles. The number of fused-ring (bicyclic) bond motifs is 3. The van der Waals surface area contributed by atoms with E-state index in [0.717, 1.165) is 17.8 Å². The second-order valence-corrected chi connectivity index (χ2v) is 16.8. The summed E-state index contributed by atoms with van der Waals surface area (Å²) in [5.74, 6) is -0.101. The average Bonchev–Trinajstić information content (AvgIpc) is 3.27. The predicted molar refractivity (Wildman–Crippen MR) is 128 cm³/mol. The van der Waals surface area contributed by atoms with E-state index in [1.54, 1.807) is 6.92 Å². The number of sulfone groups is 1. The quantitative estimate of drug-likeness (QED) is 0.457. The fraction of sp³-hybridized carbons (Fsp3) is 0.750. The number of nitrogens with two attached hydrogens (primary N) is 1. The molecular formula is C20H32N2O8S4. The van der Waals surface area contributed by atoms with E-state index >= 15 is 0 Å². The number of Topliss-reactive ketones (excluding diaryl/α,β-unsaturated/α-hetero) is 1. The SMILES string of the molecule is CC1(C)[C@@H]2CC[C@@]1(CS(=O)(=O)O)C(=O)C2.CCN[C@H]1C[C@H](C)S(=O)(=O)c2sc(S(N)(=O)=O)cc21. The van der Waals surface area contributed by atoms with Gasteiger partial charge >= 0.3 is 0 Å². The molecule has 1 aromatic heterocycles. The van der Waals surface area contributed by atoms with Crippen molar-refractivity contribution >= 4 is 47.1 Å². The molecule has 0 aromatic carbocycles. The molecule has 2 aliphatic carbocycles. The van der Waals surface area contributed by atoms with Gasteiger partial charge in [-0.2, -0.15) is 8.42 Å². The Morgan fingerprint density at radius 2 is 1.88 bits per heavy atom. The van der Waals surface area contributed by atoms with Crippen LogP contribution in [0.1, 0.15) is 65.0 Å². The molecule has 14 heteroatoms. The molecule has 1 aromatic rings. The molecule has 2 fully saturated rings. The second kappa shape index (κ2) is 8.89. The first-order valence-electron chi connectivity index (χ1n) is 11.0. The smallest absolute Gasteiger partial charge is 0.265 e. The van der Waals surface area contributed by atoms with Gasteiger partial charge in [0.05, 0.1) is 16.4 Å². The third-order valence-corrected chi connectivity index (χ3v) is 13.9. The van der Waals surface area contributed by atoms with Crippen LogP contribution in [0.25, 0.3) is 0 Å². The zero-order chi connectivity index (χ0) is 25.9. The first-order valence-corrected chi connectivity index (χ1v) is 16.5. The van der Waals surface area contributed by atoms with Crippen LogP contribution in [0.4, 0.5) is 0 Å². The molecule has 0 radical (unpaired) electrons. The minimum Gasteiger partial charge on any atom is -0.310 e. The Morgan fingerprint density at radius 3 is 2.32 bits per heavy atom. The highest BCUT2D eigenvalue weighted by Crippen LogP contribution is 2.64. The van der Waals surface area contributed by atoms with E-state index in [0.29, 0.717) is 31.4 Å². The average molecular weight is 557 g/mol. The molecule has 3 aliphatic rings. The maximum Gasteiger partial charge on any atom is 0.265 e. The number of nitrogens with one attached hydrogen (secondary N) is 1. The van der Waals surface area contributed by atoms with Gasteiger partial charge < -0.3 is 5.32 Å². The van der Waals surface area contributed by atoms with Crippen molar-refractivity contribution in [3.8, 4) is 0 Å². The summed E-state index contributed by atoms with van der Waals surface area (Å²) >= 11 is 0.742. The highest BCUT2D eigenvalue weighted by atomic mass is 32.3. The van der Waals surface area contributed by atoms with E-state index in [1.807, 2.05) is 20.8 Å². The van der Waals surface area contributed by atoms with Crippen LogP contribution in [0.3, 0.4) is 0 Å². The van der Waals surface area contributed by atoms with Crippen LogP contribution >= 0.6 is 11.3 Å². The number of carbonyl (C=O) groups is 1.